The zero-order valence-corrected chi connectivity index (χ0v) is 9.14. The van der Waals surface area contributed by atoms with Crippen LogP contribution in [0.15, 0.2) is 30.3 Å². The standard InChI is InChI=1S/C13H16O2/c1-11(9-10-14)3-4-12-5-7-13(15-2)8-6-12/h3-8,10-11H,9H2,1-2H3/b4-3+. The molecule has 1 atom stereocenters. The van der Waals surface area contributed by atoms with Crippen molar-refractivity contribution >= 4 is 12.4 Å². The summed E-state index contributed by atoms with van der Waals surface area (Å²) in [5, 5.41) is 0. The minimum atomic E-state index is 0.296. The summed E-state index contributed by atoms with van der Waals surface area (Å²) in [6.07, 6.45) is 5.58. The fourth-order valence-electron chi connectivity index (χ4n) is 1.22. The Morgan fingerprint density at radius 2 is 2.00 bits per heavy atom. The summed E-state index contributed by atoms with van der Waals surface area (Å²) in [4.78, 5) is 10.3. The summed E-state index contributed by atoms with van der Waals surface area (Å²) in [6, 6.07) is 7.82. The number of hydrogen-bond donors (Lipinski definition) is 0. The highest BCUT2D eigenvalue weighted by atomic mass is 16.5. The third kappa shape index (κ3) is 3.98. The van der Waals surface area contributed by atoms with Crippen LogP contribution in [0.4, 0.5) is 0 Å². The fourth-order valence-corrected chi connectivity index (χ4v) is 1.22. The van der Waals surface area contributed by atoms with E-state index in [4.69, 9.17) is 4.74 Å². The van der Waals surface area contributed by atoms with Crippen LogP contribution in [0.2, 0.25) is 0 Å². The van der Waals surface area contributed by atoms with Crippen LogP contribution in [-0.4, -0.2) is 13.4 Å². The molecule has 15 heavy (non-hydrogen) atoms. The molecule has 0 aliphatic heterocycles. The fraction of sp³-hybridized carbons (Fsp3) is 0.308. The van der Waals surface area contributed by atoms with E-state index >= 15 is 0 Å². The summed E-state index contributed by atoms with van der Waals surface area (Å²) >= 11 is 0. The van der Waals surface area contributed by atoms with Crippen molar-refractivity contribution in [2.75, 3.05) is 7.11 Å². The lowest BCUT2D eigenvalue weighted by atomic mass is 10.1. The first-order chi connectivity index (χ1) is 7.26. The molecule has 0 spiro atoms. The summed E-state index contributed by atoms with van der Waals surface area (Å²) in [5.41, 5.74) is 1.12. The monoisotopic (exact) mass is 204 g/mol. The Kier molecular flexibility index (Phi) is 4.61. The number of allylic oxidation sites excluding steroid dienone is 1. The Labute approximate surface area is 90.6 Å². The lowest BCUT2D eigenvalue weighted by Gasteiger charge is -2.01. The van der Waals surface area contributed by atoms with Gasteiger partial charge in [-0.15, -0.1) is 0 Å². The molecule has 0 N–H and O–H groups in total. The lowest BCUT2D eigenvalue weighted by molar-refractivity contribution is -0.108. The van der Waals surface area contributed by atoms with Crippen molar-refractivity contribution in [3.05, 3.63) is 35.9 Å². The minimum Gasteiger partial charge on any atom is -0.497 e. The van der Waals surface area contributed by atoms with Crippen LogP contribution >= 0.6 is 0 Å². The Morgan fingerprint density at radius 1 is 1.33 bits per heavy atom. The molecule has 80 valence electrons. The molecule has 0 saturated carbocycles. The highest BCUT2D eigenvalue weighted by Crippen LogP contribution is 2.13. The van der Waals surface area contributed by atoms with Gasteiger partial charge in [-0.1, -0.05) is 31.2 Å². The molecule has 0 amide bonds. The highest BCUT2D eigenvalue weighted by molar-refractivity contribution is 5.53. The smallest absolute Gasteiger partial charge is 0.120 e. The Morgan fingerprint density at radius 3 is 2.53 bits per heavy atom. The number of carbonyl (C=O) groups excluding carboxylic acids is 1. The quantitative estimate of drug-likeness (QED) is 0.689. The molecule has 1 rings (SSSR count). The predicted octanol–water partition coefficient (Wildman–Crippen LogP) is 2.93. The Hall–Kier alpha value is -1.57. The number of rotatable bonds is 5. The molecule has 2 heteroatoms. The van der Waals surface area contributed by atoms with Gasteiger partial charge in [0.05, 0.1) is 7.11 Å². The normalized spacial score (nSPS) is 12.7. The molecule has 0 aliphatic rings. The third-order valence-corrected chi connectivity index (χ3v) is 2.20. The molecule has 2 nitrogen and oxygen atoms in total. The van der Waals surface area contributed by atoms with Gasteiger partial charge in [0.15, 0.2) is 0 Å². The number of hydrogen-bond acceptors (Lipinski definition) is 2. The predicted molar refractivity (Wildman–Crippen MR) is 61.9 cm³/mol. The molecular formula is C13H16O2. The van der Waals surface area contributed by atoms with E-state index in [0.717, 1.165) is 17.6 Å². The zero-order chi connectivity index (χ0) is 11.1. The maximum absolute atomic E-state index is 10.3. The molecule has 0 fully saturated rings. The second-order valence-corrected chi connectivity index (χ2v) is 3.51. The first kappa shape index (κ1) is 11.5. The molecule has 1 aromatic carbocycles. The van der Waals surface area contributed by atoms with E-state index in [-0.39, 0.29) is 0 Å². The largest absolute Gasteiger partial charge is 0.497 e. The van der Waals surface area contributed by atoms with Crippen LogP contribution in [0.5, 0.6) is 5.75 Å². The third-order valence-electron chi connectivity index (χ3n) is 2.20. The van der Waals surface area contributed by atoms with Gasteiger partial charge in [0, 0.05) is 6.42 Å². The topological polar surface area (TPSA) is 26.3 Å². The van der Waals surface area contributed by atoms with E-state index in [2.05, 4.69) is 0 Å². The summed E-state index contributed by atoms with van der Waals surface area (Å²) < 4.78 is 5.06. The molecule has 1 aromatic rings. The van der Waals surface area contributed by atoms with Crippen LogP contribution in [0.3, 0.4) is 0 Å². The van der Waals surface area contributed by atoms with E-state index in [1.807, 2.05) is 43.3 Å². The first-order valence-electron chi connectivity index (χ1n) is 5.02. The van der Waals surface area contributed by atoms with E-state index in [1.165, 1.54) is 0 Å². The minimum absolute atomic E-state index is 0.296. The number of aldehydes is 1. The number of carbonyl (C=O) groups is 1. The molecule has 0 radical (unpaired) electrons. The maximum Gasteiger partial charge on any atom is 0.120 e. The van der Waals surface area contributed by atoms with Crippen molar-refractivity contribution in [3.8, 4) is 5.75 Å². The van der Waals surface area contributed by atoms with Gasteiger partial charge in [-0.25, -0.2) is 0 Å². The van der Waals surface area contributed by atoms with Gasteiger partial charge in [0.25, 0.3) is 0 Å². The number of benzene rings is 1. The van der Waals surface area contributed by atoms with Gasteiger partial charge in [-0.2, -0.15) is 0 Å². The Balaban J connectivity index is 2.60. The van der Waals surface area contributed by atoms with Crippen molar-refractivity contribution in [1.82, 2.24) is 0 Å². The summed E-state index contributed by atoms with van der Waals surface area (Å²) in [6.45, 7) is 2.02. The van der Waals surface area contributed by atoms with E-state index in [0.29, 0.717) is 12.3 Å². The van der Waals surface area contributed by atoms with Gasteiger partial charge in [-0.05, 0) is 23.6 Å². The average Bonchev–Trinajstić information content (AvgIpc) is 2.27. The van der Waals surface area contributed by atoms with Crippen LogP contribution in [-0.2, 0) is 4.79 Å². The van der Waals surface area contributed by atoms with Crippen molar-refractivity contribution in [2.24, 2.45) is 5.92 Å². The van der Waals surface area contributed by atoms with Crippen LogP contribution in [0.1, 0.15) is 18.9 Å². The lowest BCUT2D eigenvalue weighted by Crippen LogP contribution is -1.89. The van der Waals surface area contributed by atoms with E-state index in [1.54, 1.807) is 7.11 Å². The second-order valence-electron chi connectivity index (χ2n) is 3.51. The van der Waals surface area contributed by atoms with Crippen LogP contribution in [0.25, 0.3) is 6.08 Å². The van der Waals surface area contributed by atoms with Crippen molar-refractivity contribution in [1.29, 1.82) is 0 Å². The maximum atomic E-state index is 10.3. The first-order valence-corrected chi connectivity index (χ1v) is 5.02. The molecule has 0 saturated heterocycles. The van der Waals surface area contributed by atoms with Crippen LogP contribution < -0.4 is 4.74 Å². The van der Waals surface area contributed by atoms with Crippen molar-refractivity contribution in [2.45, 2.75) is 13.3 Å². The Bertz CT molecular complexity index is 325. The van der Waals surface area contributed by atoms with Gasteiger partial charge >= 0.3 is 0 Å². The SMILES string of the molecule is COc1ccc(/C=C/C(C)CC=O)cc1. The number of methoxy groups -OCH3 is 1. The average molecular weight is 204 g/mol. The number of ether oxygens (including phenoxy) is 1. The molecule has 0 aromatic heterocycles. The van der Waals surface area contributed by atoms with Crippen molar-refractivity contribution < 1.29 is 9.53 Å². The van der Waals surface area contributed by atoms with Gasteiger partial charge in [-0.3, -0.25) is 0 Å². The summed E-state index contributed by atoms with van der Waals surface area (Å²) in [7, 11) is 1.65. The molecule has 0 aliphatic carbocycles. The van der Waals surface area contributed by atoms with Gasteiger partial charge in [0.2, 0.25) is 0 Å². The molecule has 0 heterocycles. The summed E-state index contributed by atoms with van der Waals surface area (Å²) in [5.74, 6) is 1.15. The van der Waals surface area contributed by atoms with Crippen molar-refractivity contribution in [3.63, 3.8) is 0 Å². The molecule has 1 unspecified atom stereocenters. The van der Waals surface area contributed by atoms with Crippen LogP contribution in [0, 0.1) is 5.92 Å². The molecule has 0 bridgehead atoms. The van der Waals surface area contributed by atoms with Gasteiger partial charge in [0.1, 0.15) is 12.0 Å². The molecular weight excluding hydrogens is 188 g/mol. The zero-order valence-electron chi connectivity index (χ0n) is 9.14. The highest BCUT2D eigenvalue weighted by Gasteiger charge is 1.95. The van der Waals surface area contributed by atoms with E-state index in [9.17, 15) is 4.79 Å². The second kappa shape index (κ2) is 6.02. The van der Waals surface area contributed by atoms with E-state index < -0.39 is 0 Å². The van der Waals surface area contributed by atoms with Gasteiger partial charge < -0.3 is 9.53 Å².